The number of hydrogen-bond donors (Lipinski definition) is 3. The molecule has 1 rings (SSSR count). The highest BCUT2D eigenvalue weighted by molar-refractivity contribution is 5.91. The quantitative estimate of drug-likeness (QED) is 0.512. The van der Waals surface area contributed by atoms with Crippen molar-refractivity contribution in [2.45, 2.75) is 52.0 Å². The number of nitrogens with two attached hydrogens (primary N) is 2. The van der Waals surface area contributed by atoms with Crippen molar-refractivity contribution in [1.29, 1.82) is 5.41 Å². The lowest BCUT2D eigenvalue weighted by Crippen LogP contribution is -2.40. The number of rotatable bonds is 4. The Labute approximate surface area is 104 Å². The summed E-state index contributed by atoms with van der Waals surface area (Å²) in [6, 6.07) is 0.448. The van der Waals surface area contributed by atoms with Crippen LogP contribution in [0.4, 0.5) is 0 Å². The molecule has 0 radical (unpaired) electrons. The third-order valence-corrected chi connectivity index (χ3v) is 3.22. The van der Waals surface area contributed by atoms with Crippen LogP contribution < -0.4 is 11.5 Å². The number of nitrogens with one attached hydrogen (secondary N) is 1. The minimum absolute atomic E-state index is 0.0254. The van der Waals surface area contributed by atoms with Gasteiger partial charge in [-0.2, -0.15) is 4.99 Å². The summed E-state index contributed by atoms with van der Waals surface area (Å²) in [4.78, 5) is 5.94. The van der Waals surface area contributed by atoms with Gasteiger partial charge in [-0.05, 0) is 25.2 Å². The molecule has 0 aromatic rings. The minimum Gasteiger partial charge on any atom is -0.370 e. The van der Waals surface area contributed by atoms with Gasteiger partial charge in [0.25, 0.3) is 0 Å². The second kappa shape index (κ2) is 6.47. The molecule has 17 heavy (non-hydrogen) atoms. The van der Waals surface area contributed by atoms with Gasteiger partial charge in [-0.1, -0.05) is 26.7 Å². The van der Waals surface area contributed by atoms with E-state index in [1.54, 1.807) is 0 Å². The molecule has 0 saturated heterocycles. The molecule has 0 aromatic heterocycles. The molecule has 0 unspecified atom stereocenters. The summed E-state index contributed by atoms with van der Waals surface area (Å²) >= 11 is 0. The van der Waals surface area contributed by atoms with E-state index in [9.17, 15) is 0 Å². The van der Waals surface area contributed by atoms with Crippen LogP contribution in [-0.4, -0.2) is 29.4 Å². The molecule has 0 aliphatic heterocycles. The van der Waals surface area contributed by atoms with E-state index in [1.807, 2.05) is 0 Å². The van der Waals surface area contributed by atoms with Crippen molar-refractivity contribution in [2.24, 2.45) is 22.4 Å². The maximum atomic E-state index is 7.96. The van der Waals surface area contributed by atoms with Gasteiger partial charge in [0, 0.05) is 12.6 Å². The predicted molar refractivity (Wildman–Crippen MR) is 72.0 cm³/mol. The van der Waals surface area contributed by atoms with E-state index in [2.05, 4.69) is 23.7 Å². The topological polar surface area (TPSA) is 91.5 Å². The van der Waals surface area contributed by atoms with Crippen molar-refractivity contribution in [1.82, 2.24) is 4.90 Å². The van der Waals surface area contributed by atoms with Crippen LogP contribution in [0.1, 0.15) is 46.0 Å². The van der Waals surface area contributed by atoms with Crippen LogP contribution in [0.5, 0.6) is 0 Å². The Bertz CT molecular complexity index is 275. The fraction of sp³-hybridized carbons (Fsp3) is 0.833. The Morgan fingerprint density at radius 1 is 1.35 bits per heavy atom. The summed E-state index contributed by atoms with van der Waals surface area (Å²) in [6.45, 7) is 5.26. The van der Waals surface area contributed by atoms with E-state index in [1.165, 1.54) is 12.8 Å². The number of nitrogens with zero attached hydrogens (tertiary/aromatic N) is 2. The van der Waals surface area contributed by atoms with Crippen LogP contribution in [0.15, 0.2) is 4.99 Å². The smallest absolute Gasteiger partial charge is 0.221 e. The van der Waals surface area contributed by atoms with Crippen LogP contribution in [0.3, 0.4) is 0 Å². The van der Waals surface area contributed by atoms with E-state index in [4.69, 9.17) is 16.9 Å². The summed E-state index contributed by atoms with van der Waals surface area (Å²) in [6.07, 6.45) is 5.87. The first-order chi connectivity index (χ1) is 8.00. The van der Waals surface area contributed by atoms with Gasteiger partial charge in [0.05, 0.1) is 0 Å². The molecule has 1 aliphatic carbocycles. The van der Waals surface area contributed by atoms with E-state index < -0.39 is 0 Å². The largest absolute Gasteiger partial charge is 0.370 e. The zero-order valence-corrected chi connectivity index (χ0v) is 10.9. The standard InChI is InChI=1S/C12H25N5/c1-9(2)7-8-17(10-5-3-4-6-10)12(15)16-11(13)14/h9-10H,3-8H2,1-2H3,(H5,13,14,15,16). The predicted octanol–water partition coefficient (Wildman–Crippen LogP) is 1.49. The van der Waals surface area contributed by atoms with E-state index in [0.717, 1.165) is 25.8 Å². The Kier molecular flexibility index (Phi) is 5.25. The second-order valence-corrected chi connectivity index (χ2v) is 5.17. The van der Waals surface area contributed by atoms with Gasteiger partial charge < -0.3 is 16.4 Å². The zero-order chi connectivity index (χ0) is 12.8. The normalized spacial score (nSPS) is 16.2. The molecule has 0 spiro atoms. The Hall–Kier alpha value is -1.26. The van der Waals surface area contributed by atoms with Gasteiger partial charge in [-0.15, -0.1) is 0 Å². The van der Waals surface area contributed by atoms with Gasteiger partial charge in [-0.3, -0.25) is 5.41 Å². The molecule has 0 atom stereocenters. The molecule has 0 heterocycles. The van der Waals surface area contributed by atoms with Gasteiger partial charge in [-0.25, -0.2) is 0 Å². The van der Waals surface area contributed by atoms with Gasteiger partial charge >= 0.3 is 0 Å². The summed E-state index contributed by atoms with van der Waals surface area (Å²) in [5.74, 6) is 0.825. The molecule has 1 saturated carbocycles. The average Bonchev–Trinajstić information content (AvgIpc) is 2.69. The van der Waals surface area contributed by atoms with E-state index in [-0.39, 0.29) is 11.9 Å². The van der Waals surface area contributed by atoms with Crippen molar-refractivity contribution < 1.29 is 0 Å². The van der Waals surface area contributed by atoms with E-state index in [0.29, 0.717) is 12.0 Å². The number of aliphatic imine (C=N–C) groups is 1. The van der Waals surface area contributed by atoms with Crippen molar-refractivity contribution in [3.63, 3.8) is 0 Å². The van der Waals surface area contributed by atoms with Crippen LogP contribution in [-0.2, 0) is 0 Å². The molecule has 98 valence electrons. The molecule has 5 N–H and O–H groups in total. The molecule has 0 bridgehead atoms. The Morgan fingerprint density at radius 2 is 1.94 bits per heavy atom. The monoisotopic (exact) mass is 239 g/mol. The number of hydrogen-bond acceptors (Lipinski definition) is 1. The molecule has 5 heteroatoms. The lowest BCUT2D eigenvalue weighted by Gasteiger charge is -2.29. The fourth-order valence-corrected chi connectivity index (χ4v) is 2.26. The van der Waals surface area contributed by atoms with Crippen molar-refractivity contribution in [2.75, 3.05) is 6.54 Å². The van der Waals surface area contributed by atoms with Crippen LogP contribution >= 0.6 is 0 Å². The maximum absolute atomic E-state index is 7.96. The molecular formula is C12H25N5. The average molecular weight is 239 g/mol. The zero-order valence-electron chi connectivity index (χ0n) is 10.9. The molecule has 1 fully saturated rings. The van der Waals surface area contributed by atoms with Crippen LogP contribution in [0.25, 0.3) is 0 Å². The van der Waals surface area contributed by atoms with Crippen molar-refractivity contribution in [3.05, 3.63) is 0 Å². The SMILES string of the molecule is CC(C)CCN(C(=N)N=C(N)N)C1CCCC1. The van der Waals surface area contributed by atoms with Crippen molar-refractivity contribution in [3.8, 4) is 0 Å². The number of guanidine groups is 2. The highest BCUT2D eigenvalue weighted by atomic mass is 15.3. The van der Waals surface area contributed by atoms with Crippen LogP contribution in [0, 0.1) is 11.3 Å². The summed E-state index contributed by atoms with van der Waals surface area (Å²) in [7, 11) is 0. The third kappa shape index (κ3) is 4.63. The van der Waals surface area contributed by atoms with Gasteiger partial charge in [0.1, 0.15) is 0 Å². The lowest BCUT2D eigenvalue weighted by atomic mass is 10.1. The maximum Gasteiger partial charge on any atom is 0.221 e. The Morgan fingerprint density at radius 3 is 2.41 bits per heavy atom. The summed E-state index contributed by atoms with van der Waals surface area (Å²) in [5, 5.41) is 7.96. The van der Waals surface area contributed by atoms with Gasteiger partial charge in [0.15, 0.2) is 5.96 Å². The first-order valence-electron chi connectivity index (χ1n) is 6.45. The van der Waals surface area contributed by atoms with E-state index >= 15 is 0 Å². The first kappa shape index (κ1) is 13.8. The minimum atomic E-state index is -0.0254. The molecule has 1 aliphatic rings. The first-order valence-corrected chi connectivity index (χ1v) is 6.45. The molecular weight excluding hydrogens is 214 g/mol. The second-order valence-electron chi connectivity index (χ2n) is 5.17. The summed E-state index contributed by atoms with van der Waals surface area (Å²) < 4.78 is 0. The highest BCUT2D eigenvalue weighted by Gasteiger charge is 2.24. The van der Waals surface area contributed by atoms with Gasteiger partial charge in [0.2, 0.25) is 5.96 Å². The third-order valence-electron chi connectivity index (χ3n) is 3.22. The summed E-state index contributed by atoms with van der Waals surface area (Å²) in [5.41, 5.74) is 10.7. The molecule has 5 nitrogen and oxygen atoms in total. The highest BCUT2D eigenvalue weighted by Crippen LogP contribution is 2.24. The lowest BCUT2D eigenvalue weighted by molar-refractivity contribution is 0.291. The fourth-order valence-electron chi connectivity index (χ4n) is 2.26. The Balaban J connectivity index is 2.63. The molecule has 0 aromatic carbocycles. The van der Waals surface area contributed by atoms with Crippen LogP contribution in [0.2, 0.25) is 0 Å². The molecule has 0 amide bonds. The van der Waals surface area contributed by atoms with Crippen molar-refractivity contribution >= 4 is 11.9 Å².